The second-order valence-electron chi connectivity index (χ2n) is 6.09. The lowest BCUT2D eigenvalue weighted by molar-refractivity contribution is -0.121. The summed E-state index contributed by atoms with van der Waals surface area (Å²) in [4.78, 5) is 12.4. The monoisotopic (exact) mass is 327 g/mol. The molecule has 0 spiro atoms. The van der Waals surface area contributed by atoms with Crippen LogP contribution in [0.5, 0.6) is 0 Å². The van der Waals surface area contributed by atoms with Gasteiger partial charge in [0, 0.05) is 18.7 Å². The molecular formula is C14H21N3O4S. The van der Waals surface area contributed by atoms with Crippen molar-refractivity contribution in [1.82, 2.24) is 9.46 Å². The minimum absolute atomic E-state index is 0.183. The predicted molar refractivity (Wildman–Crippen MR) is 80.9 cm³/mol. The van der Waals surface area contributed by atoms with Crippen LogP contribution in [0.1, 0.15) is 36.9 Å². The van der Waals surface area contributed by atoms with E-state index in [9.17, 15) is 13.2 Å². The summed E-state index contributed by atoms with van der Waals surface area (Å²) < 4.78 is 29.9. The van der Waals surface area contributed by atoms with Crippen molar-refractivity contribution >= 4 is 21.8 Å². The molecule has 1 aromatic heterocycles. The molecule has 1 fully saturated rings. The molecule has 1 saturated heterocycles. The zero-order valence-corrected chi connectivity index (χ0v) is 13.5. The van der Waals surface area contributed by atoms with E-state index in [1.165, 1.54) is 10.6 Å². The van der Waals surface area contributed by atoms with Crippen LogP contribution in [0.3, 0.4) is 0 Å². The topological polar surface area (TPSA) is 92.5 Å². The molecule has 1 atom stereocenters. The Bertz CT molecular complexity index is 668. The van der Waals surface area contributed by atoms with Gasteiger partial charge in [-0.15, -0.1) is 0 Å². The fourth-order valence-electron chi connectivity index (χ4n) is 3.16. The molecule has 1 unspecified atom stereocenters. The summed E-state index contributed by atoms with van der Waals surface area (Å²) in [6.07, 6.45) is 6.49. The SMILES string of the molecule is CS(=O)(=O)N1CCCC(C(=O)Nc2onc3c2CCCC3)C1. The largest absolute Gasteiger partial charge is 0.338 e. The van der Waals surface area contributed by atoms with E-state index in [0.29, 0.717) is 25.3 Å². The fraction of sp³-hybridized carbons (Fsp3) is 0.714. The van der Waals surface area contributed by atoms with Crippen LogP contribution in [-0.2, 0) is 27.7 Å². The highest BCUT2D eigenvalue weighted by Gasteiger charge is 2.31. The number of carbonyl (C=O) groups is 1. The van der Waals surface area contributed by atoms with Gasteiger partial charge in [0.25, 0.3) is 0 Å². The number of rotatable bonds is 3. The Hall–Kier alpha value is -1.41. The molecule has 0 bridgehead atoms. The van der Waals surface area contributed by atoms with Gasteiger partial charge in [0.15, 0.2) is 0 Å². The molecule has 1 aliphatic heterocycles. The Kier molecular flexibility index (Phi) is 4.22. The van der Waals surface area contributed by atoms with Crippen molar-refractivity contribution < 1.29 is 17.7 Å². The molecule has 8 heteroatoms. The third-order valence-corrected chi connectivity index (χ3v) is 5.69. The first-order valence-corrected chi connectivity index (χ1v) is 9.53. The van der Waals surface area contributed by atoms with Crippen LogP contribution in [0.2, 0.25) is 0 Å². The minimum atomic E-state index is -3.25. The number of fused-ring (bicyclic) bond motifs is 1. The first-order chi connectivity index (χ1) is 10.4. The molecule has 1 amide bonds. The summed E-state index contributed by atoms with van der Waals surface area (Å²) in [5, 5.41) is 6.82. The highest BCUT2D eigenvalue weighted by atomic mass is 32.2. The molecule has 1 aliphatic carbocycles. The second kappa shape index (κ2) is 6.00. The number of aryl methyl sites for hydroxylation is 1. The van der Waals surface area contributed by atoms with Crippen molar-refractivity contribution in [2.45, 2.75) is 38.5 Å². The molecule has 122 valence electrons. The summed E-state index contributed by atoms with van der Waals surface area (Å²) in [7, 11) is -3.25. The van der Waals surface area contributed by atoms with Crippen LogP contribution in [0.25, 0.3) is 0 Å². The smallest absolute Gasteiger partial charge is 0.234 e. The lowest BCUT2D eigenvalue weighted by atomic mass is 9.96. The predicted octanol–water partition coefficient (Wildman–Crippen LogP) is 1.16. The van der Waals surface area contributed by atoms with Crippen LogP contribution < -0.4 is 5.32 Å². The van der Waals surface area contributed by atoms with Crippen molar-refractivity contribution in [3.05, 3.63) is 11.3 Å². The van der Waals surface area contributed by atoms with Crippen molar-refractivity contribution in [1.29, 1.82) is 0 Å². The molecule has 1 aromatic rings. The Morgan fingerprint density at radius 2 is 2.09 bits per heavy atom. The molecule has 2 aliphatic rings. The van der Waals surface area contributed by atoms with E-state index >= 15 is 0 Å². The number of sulfonamides is 1. The van der Waals surface area contributed by atoms with Gasteiger partial charge in [0.05, 0.1) is 17.9 Å². The van der Waals surface area contributed by atoms with Crippen LogP contribution >= 0.6 is 0 Å². The third kappa shape index (κ3) is 3.17. The Morgan fingerprint density at radius 3 is 2.86 bits per heavy atom. The third-order valence-electron chi connectivity index (χ3n) is 4.42. The van der Waals surface area contributed by atoms with E-state index in [1.54, 1.807) is 0 Å². The summed E-state index contributed by atoms with van der Waals surface area (Å²) in [5.74, 6) is -0.0816. The van der Waals surface area contributed by atoms with Gasteiger partial charge >= 0.3 is 0 Å². The molecule has 7 nitrogen and oxygen atoms in total. The molecule has 0 saturated carbocycles. The zero-order valence-electron chi connectivity index (χ0n) is 12.7. The number of nitrogens with zero attached hydrogens (tertiary/aromatic N) is 2. The molecular weight excluding hydrogens is 306 g/mol. The Labute approximate surface area is 130 Å². The van der Waals surface area contributed by atoms with Gasteiger partial charge in [-0.3, -0.25) is 10.1 Å². The van der Waals surface area contributed by atoms with Crippen molar-refractivity contribution in [2.75, 3.05) is 24.7 Å². The van der Waals surface area contributed by atoms with Crippen LogP contribution in [-0.4, -0.2) is 43.1 Å². The first-order valence-electron chi connectivity index (χ1n) is 7.68. The summed E-state index contributed by atoms with van der Waals surface area (Å²) in [6, 6.07) is 0. The number of hydrogen-bond donors (Lipinski definition) is 1. The summed E-state index contributed by atoms with van der Waals surface area (Å²) in [6.45, 7) is 0.724. The van der Waals surface area contributed by atoms with E-state index < -0.39 is 10.0 Å². The minimum Gasteiger partial charge on any atom is -0.338 e. The van der Waals surface area contributed by atoms with Crippen molar-refractivity contribution in [3.8, 4) is 0 Å². The fourth-order valence-corrected chi connectivity index (χ4v) is 4.07. The summed E-state index contributed by atoms with van der Waals surface area (Å²) >= 11 is 0. The quantitative estimate of drug-likeness (QED) is 0.899. The number of carbonyl (C=O) groups excluding carboxylic acids is 1. The molecule has 1 N–H and O–H groups in total. The van der Waals surface area contributed by atoms with E-state index in [0.717, 1.165) is 36.9 Å². The summed E-state index contributed by atoms with van der Waals surface area (Å²) in [5.41, 5.74) is 1.93. The maximum absolute atomic E-state index is 12.4. The molecule has 22 heavy (non-hydrogen) atoms. The lowest BCUT2D eigenvalue weighted by Gasteiger charge is -2.29. The van der Waals surface area contributed by atoms with Gasteiger partial charge in [-0.25, -0.2) is 12.7 Å². The highest BCUT2D eigenvalue weighted by Crippen LogP contribution is 2.28. The zero-order chi connectivity index (χ0) is 15.7. The Balaban J connectivity index is 1.68. The van der Waals surface area contributed by atoms with Crippen molar-refractivity contribution in [3.63, 3.8) is 0 Å². The standard InChI is InChI=1S/C14H21N3O4S/c1-22(19,20)17-8-4-5-10(9-17)13(18)15-14-11-6-2-3-7-12(11)16-21-14/h10H,2-9H2,1H3,(H,15,18). The number of hydrogen-bond acceptors (Lipinski definition) is 5. The van der Waals surface area contributed by atoms with Gasteiger partial charge in [-0.05, 0) is 38.5 Å². The highest BCUT2D eigenvalue weighted by molar-refractivity contribution is 7.88. The molecule has 3 rings (SSSR count). The van der Waals surface area contributed by atoms with Gasteiger partial charge in [0.1, 0.15) is 0 Å². The maximum atomic E-state index is 12.4. The lowest BCUT2D eigenvalue weighted by Crippen LogP contribution is -2.43. The number of amides is 1. The number of piperidine rings is 1. The molecule has 2 heterocycles. The van der Waals surface area contributed by atoms with Crippen LogP contribution in [0.4, 0.5) is 5.88 Å². The average molecular weight is 327 g/mol. The van der Waals surface area contributed by atoms with E-state index in [4.69, 9.17) is 4.52 Å². The number of anilines is 1. The van der Waals surface area contributed by atoms with Crippen molar-refractivity contribution in [2.24, 2.45) is 5.92 Å². The number of aromatic nitrogens is 1. The molecule has 0 aromatic carbocycles. The second-order valence-corrected chi connectivity index (χ2v) is 8.08. The van der Waals surface area contributed by atoms with E-state index in [2.05, 4.69) is 10.5 Å². The van der Waals surface area contributed by atoms with Gasteiger partial charge < -0.3 is 4.52 Å². The maximum Gasteiger partial charge on any atom is 0.234 e. The molecule has 0 radical (unpaired) electrons. The van der Waals surface area contributed by atoms with Gasteiger partial charge in [-0.1, -0.05) is 5.16 Å². The van der Waals surface area contributed by atoms with Gasteiger partial charge in [-0.2, -0.15) is 0 Å². The normalized spacial score (nSPS) is 23.0. The van der Waals surface area contributed by atoms with Gasteiger partial charge in [0.2, 0.25) is 21.8 Å². The average Bonchev–Trinajstić information content (AvgIpc) is 2.90. The first kappa shape index (κ1) is 15.5. The van der Waals surface area contributed by atoms with E-state index in [1.807, 2.05) is 0 Å². The number of nitrogens with one attached hydrogen (secondary N) is 1. The van der Waals surface area contributed by atoms with Crippen LogP contribution in [0, 0.1) is 5.92 Å². The Morgan fingerprint density at radius 1 is 1.32 bits per heavy atom. The van der Waals surface area contributed by atoms with E-state index in [-0.39, 0.29) is 18.4 Å². The van der Waals surface area contributed by atoms with Crippen LogP contribution in [0.15, 0.2) is 4.52 Å².